The van der Waals surface area contributed by atoms with Gasteiger partial charge in [0.05, 0.1) is 22.2 Å². The Morgan fingerprint density at radius 1 is 0.981 bits per heavy atom. The van der Waals surface area contributed by atoms with Gasteiger partial charge in [0.25, 0.3) is 0 Å². The van der Waals surface area contributed by atoms with Crippen LogP contribution in [0.25, 0.3) is 0 Å². The van der Waals surface area contributed by atoms with Gasteiger partial charge in [-0.05, 0) is 104 Å². The first-order valence-electron chi connectivity index (χ1n) is 17.2. The van der Waals surface area contributed by atoms with Crippen LogP contribution < -0.4 is 14.8 Å². The average Bonchev–Trinajstić information content (AvgIpc) is 3.82. The van der Waals surface area contributed by atoms with Gasteiger partial charge in [0, 0.05) is 35.9 Å². The summed E-state index contributed by atoms with van der Waals surface area (Å²) in [7, 11) is 0. The summed E-state index contributed by atoms with van der Waals surface area (Å²) in [6.07, 6.45) is 5.81. The summed E-state index contributed by atoms with van der Waals surface area (Å²) in [5.41, 5.74) is 1.66. The molecule has 0 amide bonds. The normalized spacial score (nSPS) is 20.6. The van der Waals surface area contributed by atoms with Gasteiger partial charge in [-0.15, -0.1) is 11.3 Å². The smallest absolute Gasteiger partial charge is 0.387 e. The number of esters is 2. The number of nitrogens with one attached hydrogen (secondary N) is 1. The summed E-state index contributed by atoms with van der Waals surface area (Å²) in [6.45, 7) is 0.0911. The number of rotatable bonds is 15. The molecule has 1 N–H and O–H groups in total. The summed E-state index contributed by atoms with van der Waals surface area (Å²) in [5, 5.41) is 5.73. The molecule has 0 spiro atoms. The largest absolute Gasteiger partial charge is 0.489 e. The lowest BCUT2D eigenvalue weighted by atomic mass is 9.86. The lowest BCUT2D eigenvalue weighted by molar-refractivity contribution is -0.159. The number of nitrogens with zero attached hydrogens (tertiary/aromatic N) is 2. The Hall–Kier alpha value is -3.97. The average molecular weight is 773 g/mol. The van der Waals surface area contributed by atoms with Crippen molar-refractivity contribution in [3.63, 3.8) is 0 Å². The van der Waals surface area contributed by atoms with E-state index in [1.807, 2.05) is 17.5 Å². The van der Waals surface area contributed by atoms with Gasteiger partial charge in [-0.3, -0.25) is 9.88 Å². The molecule has 5 heterocycles. The third kappa shape index (κ3) is 8.97. The summed E-state index contributed by atoms with van der Waals surface area (Å²) in [5.74, 6) is -0.377. The van der Waals surface area contributed by atoms with Gasteiger partial charge in [-0.2, -0.15) is 8.78 Å². The molecule has 3 atom stereocenters. The first kappa shape index (κ1) is 36.4. The van der Waals surface area contributed by atoms with Crippen molar-refractivity contribution < 1.29 is 37.3 Å². The van der Waals surface area contributed by atoms with Crippen molar-refractivity contribution in [1.29, 1.82) is 0 Å². The first-order chi connectivity index (χ1) is 25.2. The summed E-state index contributed by atoms with van der Waals surface area (Å²) >= 11 is 14.4. The van der Waals surface area contributed by atoms with Crippen LogP contribution in [0, 0.1) is 11.8 Å². The molecule has 8 rings (SSSR count). The Labute approximate surface area is 314 Å². The van der Waals surface area contributed by atoms with E-state index >= 15 is 0 Å². The van der Waals surface area contributed by atoms with Gasteiger partial charge < -0.3 is 24.3 Å². The molecule has 4 aromatic rings. The van der Waals surface area contributed by atoms with Crippen LogP contribution in [0.5, 0.6) is 11.5 Å². The molecule has 1 unspecified atom stereocenters. The molecule has 14 heteroatoms. The molecule has 9 nitrogen and oxygen atoms in total. The number of alkyl halides is 2. The van der Waals surface area contributed by atoms with Gasteiger partial charge in [0.1, 0.15) is 12.2 Å². The van der Waals surface area contributed by atoms with Crippen molar-refractivity contribution in [2.75, 3.05) is 31.6 Å². The monoisotopic (exact) mass is 771 g/mol. The SMILES string of the molecule is O=C(O[C@@H](Cc1c(Cl)cncc1Cl)c1ccc(OC(F)F)c(OCC2CC2)c1)c1cccc(NC(C(=O)O[C@H]2CN3CCC2CC3)c2cccs2)c1. The fourth-order valence-electron chi connectivity index (χ4n) is 6.63. The van der Waals surface area contributed by atoms with Crippen LogP contribution in [0.1, 0.15) is 64.2 Å². The van der Waals surface area contributed by atoms with Crippen molar-refractivity contribution in [3.05, 3.63) is 104 Å². The van der Waals surface area contributed by atoms with Crippen LogP contribution in [-0.4, -0.2) is 60.8 Å². The molecule has 1 aliphatic carbocycles. The third-order valence-electron chi connectivity index (χ3n) is 9.65. The van der Waals surface area contributed by atoms with Gasteiger partial charge in [0.2, 0.25) is 0 Å². The van der Waals surface area contributed by atoms with E-state index in [9.17, 15) is 18.4 Å². The zero-order valence-electron chi connectivity index (χ0n) is 28.0. The molecule has 2 bridgehead atoms. The van der Waals surface area contributed by atoms with E-state index in [4.69, 9.17) is 42.1 Å². The van der Waals surface area contributed by atoms with E-state index in [0.717, 1.165) is 50.2 Å². The number of pyridine rings is 1. The highest BCUT2D eigenvalue weighted by Gasteiger charge is 2.38. The highest BCUT2D eigenvalue weighted by atomic mass is 35.5. The number of fused-ring (bicyclic) bond motifs is 3. The number of hydrogen-bond donors (Lipinski definition) is 1. The molecular formula is C38H37Cl2F2N3O6S. The minimum absolute atomic E-state index is 0.0485. The van der Waals surface area contributed by atoms with Crippen LogP contribution in [0.2, 0.25) is 10.0 Å². The highest BCUT2D eigenvalue weighted by Crippen LogP contribution is 2.39. The number of thiophene rings is 1. The van der Waals surface area contributed by atoms with E-state index in [0.29, 0.717) is 35.3 Å². The number of anilines is 1. The molecule has 4 aliphatic rings. The number of benzene rings is 2. The Balaban J connectivity index is 1.13. The number of halogens is 4. The minimum Gasteiger partial charge on any atom is -0.489 e. The zero-order chi connectivity index (χ0) is 36.2. The highest BCUT2D eigenvalue weighted by molar-refractivity contribution is 7.10. The number of carbonyl (C=O) groups excluding carboxylic acids is 2. The number of ether oxygens (including phenoxy) is 4. The third-order valence-corrected chi connectivity index (χ3v) is 11.2. The summed E-state index contributed by atoms with van der Waals surface area (Å²) in [6, 6.07) is 14.1. The van der Waals surface area contributed by atoms with Gasteiger partial charge >= 0.3 is 18.6 Å². The summed E-state index contributed by atoms with van der Waals surface area (Å²) < 4.78 is 49.4. The van der Waals surface area contributed by atoms with Crippen LogP contribution in [0.4, 0.5) is 14.5 Å². The number of aromatic nitrogens is 1. The molecule has 2 aromatic carbocycles. The predicted molar refractivity (Wildman–Crippen MR) is 194 cm³/mol. The lowest BCUT2D eigenvalue weighted by Crippen LogP contribution is -2.52. The van der Waals surface area contributed by atoms with Gasteiger partial charge in [-0.25, -0.2) is 9.59 Å². The van der Waals surface area contributed by atoms with Crippen LogP contribution in [0.15, 0.2) is 72.4 Å². The van der Waals surface area contributed by atoms with Crippen molar-refractivity contribution in [3.8, 4) is 11.5 Å². The van der Waals surface area contributed by atoms with E-state index in [1.165, 1.54) is 41.9 Å². The number of piperidine rings is 3. The second-order valence-electron chi connectivity index (χ2n) is 13.3. The quantitative estimate of drug-likeness (QED) is 0.119. The fraction of sp³-hybridized carbons (Fsp3) is 0.395. The second-order valence-corrected chi connectivity index (χ2v) is 15.1. The van der Waals surface area contributed by atoms with Gasteiger partial charge in [-0.1, -0.05) is 41.4 Å². The minimum atomic E-state index is -3.06. The lowest BCUT2D eigenvalue weighted by Gasteiger charge is -2.44. The zero-order valence-corrected chi connectivity index (χ0v) is 30.3. The van der Waals surface area contributed by atoms with Gasteiger partial charge in [0.15, 0.2) is 17.5 Å². The molecule has 52 heavy (non-hydrogen) atoms. The molecular weight excluding hydrogens is 735 g/mol. The van der Waals surface area contributed by atoms with E-state index in [1.54, 1.807) is 24.3 Å². The Kier molecular flexibility index (Phi) is 11.5. The van der Waals surface area contributed by atoms with Crippen molar-refractivity contribution >= 4 is 52.2 Å². The van der Waals surface area contributed by atoms with Crippen molar-refractivity contribution in [2.24, 2.45) is 11.8 Å². The Morgan fingerprint density at radius 3 is 2.44 bits per heavy atom. The Bertz CT molecular complexity index is 1850. The van der Waals surface area contributed by atoms with E-state index in [2.05, 4.69) is 15.2 Å². The first-order valence-corrected chi connectivity index (χ1v) is 18.9. The molecule has 274 valence electrons. The maximum atomic E-state index is 13.9. The maximum Gasteiger partial charge on any atom is 0.387 e. The van der Waals surface area contributed by atoms with Crippen molar-refractivity contribution in [2.45, 2.75) is 57.0 Å². The standard InChI is InChI=1S/C38H37Cl2F2N3O6S/c39-28-18-43-19-29(40)27(28)17-31(24-8-9-30(51-38(41)42)32(16-24)48-21-22-6-7-22)49-36(46)25-3-1-4-26(15-25)44-35(34-5-2-14-52-34)37(47)50-33-20-45-12-10-23(33)11-13-45/h1-5,8-9,14-16,18-19,22-23,31,33,35,38,44H,6-7,10-13,17,20-21H2/t31-,33-,35?/m0/s1. The molecule has 1 saturated carbocycles. The number of hydrogen-bond acceptors (Lipinski definition) is 10. The fourth-order valence-corrected chi connectivity index (χ4v) is 7.91. The molecule has 4 fully saturated rings. The molecule has 2 aromatic heterocycles. The molecule has 3 saturated heterocycles. The molecule has 0 radical (unpaired) electrons. The Morgan fingerprint density at radius 2 is 1.77 bits per heavy atom. The van der Waals surface area contributed by atoms with Crippen LogP contribution in [-0.2, 0) is 20.7 Å². The summed E-state index contributed by atoms with van der Waals surface area (Å²) in [4.78, 5) is 34.7. The van der Waals surface area contributed by atoms with Crippen LogP contribution in [0.3, 0.4) is 0 Å². The maximum absolute atomic E-state index is 13.9. The van der Waals surface area contributed by atoms with E-state index in [-0.39, 0.29) is 45.6 Å². The second kappa shape index (κ2) is 16.4. The van der Waals surface area contributed by atoms with Crippen LogP contribution >= 0.6 is 34.5 Å². The number of carbonyl (C=O) groups is 2. The predicted octanol–water partition coefficient (Wildman–Crippen LogP) is 8.77. The van der Waals surface area contributed by atoms with E-state index < -0.39 is 24.7 Å². The molecule has 3 aliphatic heterocycles. The van der Waals surface area contributed by atoms with Crippen molar-refractivity contribution in [1.82, 2.24) is 9.88 Å². The topological polar surface area (TPSA) is 99.2 Å².